The highest BCUT2D eigenvalue weighted by molar-refractivity contribution is 5.81. The number of nitrogens with zero attached hydrogens (tertiary/aromatic N) is 3. The Balaban J connectivity index is 2.28. The van der Waals surface area contributed by atoms with E-state index in [9.17, 15) is 28.8 Å². The van der Waals surface area contributed by atoms with E-state index in [0.29, 0.717) is 36.7 Å². The maximum Gasteiger partial charge on any atom is 0.349 e. The van der Waals surface area contributed by atoms with Crippen LogP contribution in [0.5, 0.6) is 0 Å². The number of carbonyl (C=O) groups excluding carboxylic acids is 4. The summed E-state index contributed by atoms with van der Waals surface area (Å²) < 4.78 is 24.5. The molecule has 1 unspecified atom stereocenters. The average Bonchev–Trinajstić information content (AvgIpc) is 2.99. The van der Waals surface area contributed by atoms with E-state index in [0.717, 1.165) is 11.1 Å². The summed E-state index contributed by atoms with van der Waals surface area (Å²) in [6.45, 7) is 10.1. The number of hydrogen-bond donors (Lipinski definition) is 1. The Morgan fingerprint density at radius 2 is 1.28 bits per heavy atom. The molecule has 0 fully saturated rings. The summed E-state index contributed by atoms with van der Waals surface area (Å²) in [5.41, 5.74) is 0.757. The van der Waals surface area contributed by atoms with Crippen LogP contribution in [0.4, 0.5) is 0 Å². The maximum absolute atomic E-state index is 13.1. The SMILES string of the molecule is CCCC(=O)OC[C@@H](OC(=O)CCC)[C@@H](OC(=O)CCC)C(Cn1c2nc(=O)[nH]c(=O)c-2nc2cc(C)c(C)cc21)OC(=O)CCC. The van der Waals surface area contributed by atoms with E-state index < -0.39 is 60.0 Å². The molecule has 14 nitrogen and oxygen atoms in total. The molecule has 0 saturated carbocycles. The summed E-state index contributed by atoms with van der Waals surface area (Å²) in [7, 11) is 0. The third-order valence-corrected chi connectivity index (χ3v) is 7.38. The number of esters is 4. The molecule has 2 heterocycles. The van der Waals surface area contributed by atoms with E-state index >= 15 is 0 Å². The van der Waals surface area contributed by atoms with Crippen molar-refractivity contribution in [2.75, 3.05) is 6.61 Å². The molecule has 0 amide bonds. The van der Waals surface area contributed by atoms with Crippen molar-refractivity contribution in [2.45, 2.75) is 118 Å². The summed E-state index contributed by atoms with van der Waals surface area (Å²) in [5, 5.41) is 0. The van der Waals surface area contributed by atoms with Crippen molar-refractivity contribution in [3.63, 3.8) is 0 Å². The highest BCUT2D eigenvalue weighted by atomic mass is 16.6. The molecule has 47 heavy (non-hydrogen) atoms. The van der Waals surface area contributed by atoms with Gasteiger partial charge >= 0.3 is 29.6 Å². The van der Waals surface area contributed by atoms with Crippen molar-refractivity contribution >= 4 is 34.9 Å². The maximum atomic E-state index is 13.1. The predicted molar refractivity (Wildman–Crippen MR) is 171 cm³/mol. The van der Waals surface area contributed by atoms with E-state index in [-0.39, 0.29) is 43.7 Å². The Morgan fingerprint density at radius 3 is 1.87 bits per heavy atom. The minimum atomic E-state index is -1.46. The van der Waals surface area contributed by atoms with Gasteiger partial charge < -0.3 is 23.5 Å². The second-order valence-electron chi connectivity index (χ2n) is 11.4. The van der Waals surface area contributed by atoms with Crippen molar-refractivity contribution in [1.82, 2.24) is 19.5 Å². The van der Waals surface area contributed by atoms with Gasteiger partial charge in [-0.2, -0.15) is 4.98 Å². The molecular weight excluding hydrogens is 612 g/mol. The minimum absolute atomic E-state index is 0.000577. The van der Waals surface area contributed by atoms with Gasteiger partial charge in [0, 0.05) is 25.7 Å². The van der Waals surface area contributed by atoms with Crippen molar-refractivity contribution in [3.05, 3.63) is 44.1 Å². The number of nitrogens with one attached hydrogen (secondary N) is 1. The number of benzene rings is 1. The largest absolute Gasteiger partial charge is 0.462 e. The lowest BCUT2D eigenvalue weighted by molar-refractivity contribution is -0.193. The topological polar surface area (TPSA) is 186 Å². The second-order valence-corrected chi connectivity index (χ2v) is 11.4. The van der Waals surface area contributed by atoms with Crippen LogP contribution in [0.25, 0.3) is 22.6 Å². The van der Waals surface area contributed by atoms with Gasteiger partial charge in [-0.05, 0) is 62.8 Å². The van der Waals surface area contributed by atoms with Crippen LogP contribution < -0.4 is 11.2 Å². The number of hydrogen-bond acceptors (Lipinski definition) is 12. The van der Waals surface area contributed by atoms with Crippen molar-refractivity contribution < 1.29 is 38.1 Å². The van der Waals surface area contributed by atoms with E-state index in [4.69, 9.17) is 18.9 Å². The lowest BCUT2D eigenvalue weighted by Gasteiger charge is -2.33. The summed E-state index contributed by atoms with van der Waals surface area (Å²) in [6.07, 6.45) is -2.20. The first kappa shape index (κ1) is 36.8. The zero-order valence-corrected chi connectivity index (χ0v) is 27.9. The number of aromatic amines is 1. The van der Waals surface area contributed by atoms with Gasteiger partial charge in [0.05, 0.1) is 17.6 Å². The lowest BCUT2D eigenvalue weighted by atomic mass is 10.0. The Morgan fingerprint density at radius 1 is 0.745 bits per heavy atom. The van der Waals surface area contributed by atoms with Crippen molar-refractivity contribution in [3.8, 4) is 11.5 Å². The predicted octanol–water partition coefficient (Wildman–Crippen LogP) is 3.68. The number of carbonyl (C=O) groups is 4. The monoisotopic (exact) mass is 656 g/mol. The molecule has 0 aliphatic carbocycles. The Bertz CT molecular complexity index is 1660. The summed E-state index contributed by atoms with van der Waals surface area (Å²) in [6, 6.07) is 3.56. The molecule has 0 bridgehead atoms. The van der Waals surface area contributed by atoms with Gasteiger partial charge in [0.2, 0.25) is 0 Å². The quantitative estimate of drug-likeness (QED) is 0.126. The molecule has 1 aromatic rings. The van der Waals surface area contributed by atoms with E-state index in [2.05, 4.69) is 15.0 Å². The van der Waals surface area contributed by atoms with Crippen molar-refractivity contribution in [2.24, 2.45) is 0 Å². The van der Waals surface area contributed by atoms with Crippen LogP contribution >= 0.6 is 0 Å². The smallest absolute Gasteiger partial charge is 0.349 e. The van der Waals surface area contributed by atoms with Gasteiger partial charge in [-0.25, -0.2) is 9.78 Å². The number of fused-ring (bicyclic) bond motifs is 2. The van der Waals surface area contributed by atoms with Gasteiger partial charge in [-0.3, -0.25) is 29.0 Å². The molecule has 2 aliphatic heterocycles. The molecule has 0 saturated heterocycles. The average molecular weight is 657 g/mol. The van der Waals surface area contributed by atoms with E-state index in [1.165, 1.54) is 4.57 Å². The second kappa shape index (κ2) is 17.3. The highest BCUT2D eigenvalue weighted by Gasteiger charge is 2.40. The van der Waals surface area contributed by atoms with Crippen LogP contribution in [-0.2, 0) is 44.7 Å². The third kappa shape index (κ3) is 9.93. The Kier molecular flexibility index (Phi) is 13.6. The number of H-pyrrole nitrogens is 1. The molecule has 256 valence electrons. The number of aryl methyl sites for hydroxylation is 2. The van der Waals surface area contributed by atoms with Crippen LogP contribution in [0.15, 0.2) is 21.7 Å². The van der Waals surface area contributed by atoms with Crippen LogP contribution in [0.3, 0.4) is 0 Å². The molecule has 14 heteroatoms. The molecule has 3 rings (SSSR count). The molecule has 3 atom stereocenters. The van der Waals surface area contributed by atoms with Crippen molar-refractivity contribution in [1.29, 1.82) is 0 Å². The first-order valence-electron chi connectivity index (χ1n) is 16.1. The van der Waals surface area contributed by atoms with E-state index in [1.807, 2.05) is 13.8 Å². The summed E-state index contributed by atoms with van der Waals surface area (Å²) in [5.74, 6) is -2.59. The first-order valence-corrected chi connectivity index (χ1v) is 16.1. The number of ether oxygens (including phenoxy) is 4. The summed E-state index contributed by atoms with van der Waals surface area (Å²) >= 11 is 0. The Labute approximate surface area is 272 Å². The van der Waals surface area contributed by atoms with Gasteiger partial charge in [-0.1, -0.05) is 27.7 Å². The number of aromatic nitrogens is 4. The van der Waals surface area contributed by atoms with Gasteiger partial charge in [0.15, 0.2) is 29.8 Å². The lowest BCUT2D eigenvalue weighted by Crippen LogP contribution is -2.49. The van der Waals surface area contributed by atoms with Gasteiger partial charge in [0.25, 0.3) is 5.56 Å². The van der Waals surface area contributed by atoms with Crippen LogP contribution in [0.1, 0.15) is 90.2 Å². The fourth-order valence-electron chi connectivity index (χ4n) is 4.94. The molecule has 2 aliphatic rings. The van der Waals surface area contributed by atoms with E-state index in [1.54, 1.807) is 39.8 Å². The molecule has 0 aromatic heterocycles. The molecule has 0 spiro atoms. The van der Waals surface area contributed by atoms with Crippen LogP contribution in [0.2, 0.25) is 0 Å². The van der Waals surface area contributed by atoms with Crippen LogP contribution in [-0.4, -0.2) is 68.3 Å². The molecular formula is C33H44N4O10. The fourth-order valence-corrected chi connectivity index (χ4v) is 4.94. The molecule has 1 N–H and O–H groups in total. The third-order valence-electron chi connectivity index (χ3n) is 7.38. The first-order chi connectivity index (χ1) is 22.4. The zero-order chi connectivity index (χ0) is 34.7. The van der Waals surface area contributed by atoms with Gasteiger partial charge in [0.1, 0.15) is 6.61 Å². The molecule has 1 aromatic carbocycles. The normalized spacial score (nSPS) is 13.1. The Hall–Kier alpha value is -4.62. The highest BCUT2D eigenvalue weighted by Crippen LogP contribution is 2.27. The fraction of sp³-hybridized carbons (Fsp3) is 0.576. The minimum Gasteiger partial charge on any atom is -0.462 e. The van der Waals surface area contributed by atoms with Gasteiger partial charge in [-0.15, -0.1) is 0 Å². The summed E-state index contributed by atoms with van der Waals surface area (Å²) in [4.78, 5) is 87.4. The number of rotatable bonds is 17. The van der Waals surface area contributed by atoms with Crippen LogP contribution in [0, 0.1) is 13.8 Å². The standard InChI is InChI=1S/C33H44N4O10/c1-7-11-25(38)44-18-24(46-27(40)13-9-3)30(47-28(41)14-10-4)23(45-26(39)12-8-2)17-37-22-16-20(6)19(5)15-21(22)34-29-31(37)35-33(43)36-32(29)42/h15-16,23-24,30H,7-14,17-18H2,1-6H3,(H,36,42,43)/t23?,24-,30+/m1/s1. The molecule has 0 radical (unpaired) electrons. The zero-order valence-electron chi connectivity index (χ0n) is 27.9.